The van der Waals surface area contributed by atoms with E-state index >= 15 is 0 Å². The van der Waals surface area contributed by atoms with Crippen molar-refractivity contribution in [3.8, 4) is 0 Å². The number of piperazine rings is 1. The van der Waals surface area contributed by atoms with Gasteiger partial charge in [-0.25, -0.2) is 0 Å². The Morgan fingerprint density at radius 2 is 1.80 bits per heavy atom. The Hall–Kier alpha value is -3.13. The van der Waals surface area contributed by atoms with Gasteiger partial charge in [0, 0.05) is 54.8 Å². The van der Waals surface area contributed by atoms with E-state index in [1.54, 1.807) is 12.1 Å². The van der Waals surface area contributed by atoms with E-state index in [1.165, 1.54) is 24.3 Å². The molecule has 2 aromatic carbocycles. The maximum atomic E-state index is 12.7. The summed E-state index contributed by atoms with van der Waals surface area (Å²) in [5, 5.41) is 14.3. The molecule has 30 heavy (non-hydrogen) atoms. The molecule has 2 aromatic rings. The fourth-order valence-electron chi connectivity index (χ4n) is 3.37. The maximum absolute atomic E-state index is 12.7. The zero-order valence-corrected chi connectivity index (χ0v) is 17.6. The molecule has 0 spiro atoms. The number of nitrogens with one attached hydrogen (secondary N) is 1. The van der Waals surface area contributed by atoms with Crippen LogP contribution in [0.2, 0.25) is 5.02 Å². The molecule has 1 heterocycles. The lowest BCUT2D eigenvalue weighted by molar-refractivity contribution is -0.384. The van der Waals surface area contributed by atoms with E-state index in [0.717, 1.165) is 5.69 Å². The lowest BCUT2D eigenvalue weighted by Crippen LogP contribution is -2.50. The van der Waals surface area contributed by atoms with Gasteiger partial charge in [-0.05, 0) is 24.3 Å². The van der Waals surface area contributed by atoms with E-state index < -0.39 is 10.8 Å². The molecule has 0 saturated carbocycles. The molecule has 0 unspecified atom stereocenters. The number of non-ortho nitro benzene ring substituents is 1. The number of nitro groups is 1. The van der Waals surface area contributed by atoms with Crippen molar-refractivity contribution in [2.75, 3.05) is 36.4 Å². The highest BCUT2D eigenvalue weighted by atomic mass is 35.5. The van der Waals surface area contributed by atoms with Crippen molar-refractivity contribution in [2.24, 2.45) is 5.92 Å². The average Bonchev–Trinajstić information content (AvgIpc) is 2.73. The van der Waals surface area contributed by atoms with Crippen molar-refractivity contribution in [1.82, 2.24) is 4.90 Å². The summed E-state index contributed by atoms with van der Waals surface area (Å²) in [6.45, 7) is 6.21. The molecule has 2 amide bonds. The van der Waals surface area contributed by atoms with Gasteiger partial charge in [-0.15, -0.1) is 0 Å². The maximum Gasteiger partial charge on any atom is 0.270 e. The van der Waals surface area contributed by atoms with Crippen molar-refractivity contribution in [3.05, 3.63) is 63.2 Å². The first kappa shape index (κ1) is 21.6. The molecule has 0 radical (unpaired) electrons. The van der Waals surface area contributed by atoms with Gasteiger partial charge in [0.2, 0.25) is 5.91 Å². The minimum Gasteiger partial charge on any atom is -0.366 e. The highest BCUT2D eigenvalue weighted by Gasteiger charge is 2.24. The molecule has 1 aliphatic heterocycles. The predicted molar refractivity (Wildman–Crippen MR) is 116 cm³/mol. The number of nitrogens with zero attached hydrogens (tertiary/aromatic N) is 3. The molecule has 158 valence electrons. The van der Waals surface area contributed by atoms with Crippen molar-refractivity contribution in [1.29, 1.82) is 0 Å². The second kappa shape index (κ2) is 9.13. The zero-order valence-electron chi connectivity index (χ0n) is 16.8. The number of benzene rings is 2. The Morgan fingerprint density at radius 3 is 2.43 bits per heavy atom. The van der Waals surface area contributed by atoms with Crippen LogP contribution in [-0.4, -0.2) is 47.8 Å². The summed E-state index contributed by atoms with van der Waals surface area (Å²) < 4.78 is 0. The van der Waals surface area contributed by atoms with E-state index in [9.17, 15) is 19.7 Å². The second-order valence-electron chi connectivity index (χ2n) is 7.39. The van der Waals surface area contributed by atoms with Gasteiger partial charge in [-0.2, -0.15) is 0 Å². The summed E-state index contributed by atoms with van der Waals surface area (Å²) in [6.07, 6.45) is 0. The molecule has 1 saturated heterocycles. The van der Waals surface area contributed by atoms with Gasteiger partial charge in [-0.1, -0.05) is 31.5 Å². The topological polar surface area (TPSA) is 95.8 Å². The number of hydrogen-bond donors (Lipinski definition) is 1. The minimum atomic E-state index is -0.542. The van der Waals surface area contributed by atoms with Crippen molar-refractivity contribution < 1.29 is 14.5 Å². The van der Waals surface area contributed by atoms with E-state index in [-0.39, 0.29) is 23.1 Å². The highest BCUT2D eigenvalue weighted by molar-refractivity contribution is 6.31. The van der Waals surface area contributed by atoms with E-state index in [0.29, 0.717) is 36.9 Å². The molecule has 1 fully saturated rings. The fraction of sp³-hybridized carbons (Fsp3) is 0.333. The van der Waals surface area contributed by atoms with Crippen LogP contribution in [0.25, 0.3) is 0 Å². The number of halogens is 1. The number of amides is 2. The molecule has 1 N–H and O–H groups in total. The summed E-state index contributed by atoms with van der Waals surface area (Å²) in [7, 11) is 0. The van der Waals surface area contributed by atoms with Gasteiger partial charge in [0.1, 0.15) is 0 Å². The molecular formula is C21H23ClN4O4. The van der Waals surface area contributed by atoms with Crippen molar-refractivity contribution >= 4 is 40.5 Å². The summed E-state index contributed by atoms with van der Waals surface area (Å²) in [5.74, 6) is -0.377. The van der Waals surface area contributed by atoms with Gasteiger partial charge in [0.05, 0.1) is 16.3 Å². The summed E-state index contributed by atoms with van der Waals surface area (Å²) in [4.78, 5) is 39.3. The van der Waals surface area contributed by atoms with E-state index in [4.69, 9.17) is 11.6 Å². The highest BCUT2D eigenvalue weighted by Crippen LogP contribution is 2.31. The van der Waals surface area contributed by atoms with Gasteiger partial charge >= 0.3 is 0 Å². The largest absolute Gasteiger partial charge is 0.366 e. The Labute approximate surface area is 179 Å². The zero-order chi connectivity index (χ0) is 21.8. The van der Waals surface area contributed by atoms with Crippen LogP contribution in [0, 0.1) is 16.0 Å². The summed E-state index contributed by atoms with van der Waals surface area (Å²) in [6, 6.07) is 10.8. The standard InChI is InChI=1S/C21H23ClN4O4/c1-14(2)21(28)25-10-8-24(9-11-25)19-7-6-16(22)13-18(19)23-20(27)15-4-3-5-17(12-15)26(29)30/h3-7,12-14H,8-11H2,1-2H3,(H,23,27). The number of rotatable bonds is 5. The van der Waals surface area contributed by atoms with Crippen LogP contribution >= 0.6 is 11.6 Å². The number of carbonyl (C=O) groups is 2. The molecule has 3 rings (SSSR count). The van der Waals surface area contributed by atoms with Crippen LogP contribution in [0.1, 0.15) is 24.2 Å². The average molecular weight is 431 g/mol. The monoisotopic (exact) mass is 430 g/mol. The number of hydrogen-bond acceptors (Lipinski definition) is 5. The number of nitro benzene ring substituents is 1. The van der Waals surface area contributed by atoms with Crippen LogP contribution in [0.4, 0.5) is 17.1 Å². The quantitative estimate of drug-likeness (QED) is 0.574. The molecule has 0 bridgehead atoms. The SMILES string of the molecule is CC(C)C(=O)N1CCN(c2ccc(Cl)cc2NC(=O)c2cccc([N+](=O)[O-])c2)CC1. The van der Waals surface area contributed by atoms with Crippen LogP contribution in [0.15, 0.2) is 42.5 Å². The molecule has 1 aliphatic rings. The molecular weight excluding hydrogens is 408 g/mol. The fourth-order valence-corrected chi connectivity index (χ4v) is 3.54. The number of carbonyl (C=O) groups excluding carboxylic acids is 2. The van der Waals surface area contributed by atoms with Crippen LogP contribution in [0.3, 0.4) is 0 Å². The second-order valence-corrected chi connectivity index (χ2v) is 7.83. The van der Waals surface area contributed by atoms with Crippen molar-refractivity contribution in [2.45, 2.75) is 13.8 Å². The first-order valence-electron chi connectivity index (χ1n) is 9.65. The summed E-state index contributed by atoms with van der Waals surface area (Å²) >= 11 is 6.14. The van der Waals surface area contributed by atoms with Crippen LogP contribution in [0.5, 0.6) is 0 Å². The normalized spacial score (nSPS) is 14.0. The molecule has 8 nitrogen and oxygen atoms in total. The minimum absolute atomic E-state index is 0.0446. The Morgan fingerprint density at radius 1 is 1.10 bits per heavy atom. The Kier molecular flexibility index (Phi) is 6.56. The van der Waals surface area contributed by atoms with Gasteiger partial charge in [0.25, 0.3) is 11.6 Å². The number of anilines is 2. The van der Waals surface area contributed by atoms with Gasteiger partial charge in [-0.3, -0.25) is 19.7 Å². The third-order valence-electron chi connectivity index (χ3n) is 4.95. The van der Waals surface area contributed by atoms with Gasteiger partial charge < -0.3 is 15.1 Å². The smallest absolute Gasteiger partial charge is 0.270 e. The molecule has 9 heteroatoms. The molecule has 0 aromatic heterocycles. The lowest BCUT2D eigenvalue weighted by Gasteiger charge is -2.37. The first-order chi connectivity index (χ1) is 14.3. The molecule has 0 aliphatic carbocycles. The van der Waals surface area contributed by atoms with Crippen LogP contribution in [-0.2, 0) is 4.79 Å². The van der Waals surface area contributed by atoms with Crippen molar-refractivity contribution in [3.63, 3.8) is 0 Å². The van der Waals surface area contributed by atoms with Gasteiger partial charge in [0.15, 0.2) is 0 Å². The third kappa shape index (κ3) is 4.88. The van der Waals surface area contributed by atoms with Crippen LogP contribution < -0.4 is 10.2 Å². The lowest BCUT2D eigenvalue weighted by atomic mass is 10.1. The summed E-state index contributed by atoms with van der Waals surface area (Å²) in [5.41, 5.74) is 1.33. The van der Waals surface area contributed by atoms with E-state index in [2.05, 4.69) is 10.2 Å². The molecule has 0 atom stereocenters. The van der Waals surface area contributed by atoms with E-state index in [1.807, 2.05) is 24.8 Å². The Balaban J connectivity index is 1.78. The predicted octanol–water partition coefficient (Wildman–Crippen LogP) is 3.81. The first-order valence-corrected chi connectivity index (χ1v) is 10.0. The third-order valence-corrected chi connectivity index (χ3v) is 5.19. The Bertz CT molecular complexity index is 971.